The summed E-state index contributed by atoms with van der Waals surface area (Å²) in [7, 11) is 0. The van der Waals surface area contributed by atoms with Gasteiger partial charge in [-0.3, -0.25) is 9.59 Å². The van der Waals surface area contributed by atoms with Gasteiger partial charge in [-0.2, -0.15) is 0 Å². The number of carbonyl (C=O) groups is 1. The lowest BCUT2D eigenvalue weighted by molar-refractivity contribution is -0.137. The third kappa shape index (κ3) is 4.03. The predicted molar refractivity (Wildman–Crippen MR) is 107 cm³/mol. The van der Waals surface area contributed by atoms with Crippen molar-refractivity contribution in [2.45, 2.75) is 39.2 Å². The van der Waals surface area contributed by atoms with E-state index < -0.39 is 11.4 Å². The Morgan fingerprint density at radius 2 is 1.85 bits per heavy atom. The summed E-state index contributed by atoms with van der Waals surface area (Å²) in [5, 5.41) is 9.71. The van der Waals surface area contributed by atoms with Crippen molar-refractivity contribution < 1.29 is 9.90 Å². The maximum atomic E-state index is 13.0. The van der Waals surface area contributed by atoms with Crippen LogP contribution < -0.4 is 5.56 Å². The van der Waals surface area contributed by atoms with Crippen LogP contribution in [0.4, 0.5) is 0 Å². The number of aromatic nitrogens is 2. The molecule has 0 amide bonds. The van der Waals surface area contributed by atoms with Crippen molar-refractivity contribution in [2.24, 2.45) is 0 Å². The van der Waals surface area contributed by atoms with E-state index in [1.165, 1.54) is 4.57 Å². The highest BCUT2D eigenvalue weighted by Gasteiger charge is 2.23. The fourth-order valence-corrected chi connectivity index (χ4v) is 3.20. The van der Waals surface area contributed by atoms with Crippen LogP contribution in [-0.4, -0.2) is 20.6 Å². The van der Waals surface area contributed by atoms with Crippen molar-refractivity contribution in [1.29, 1.82) is 0 Å². The minimum absolute atomic E-state index is 0.0925. The second kappa shape index (κ2) is 7.16. The first-order valence-electron chi connectivity index (χ1n) is 8.69. The Balaban J connectivity index is 2.26. The van der Waals surface area contributed by atoms with Crippen LogP contribution in [-0.2, 0) is 16.8 Å². The highest BCUT2D eigenvalue weighted by atomic mass is 35.5. The molecule has 0 saturated carbocycles. The van der Waals surface area contributed by atoms with Crippen molar-refractivity contribution in [1.82, 2.24) is 9.55 Å². The molecule has 0 aliphatic rings. The summed E-state index contributed by atoms with van der Waals surface area (Å²) in [4.78, 5) is 28.7. The van der Waals surface area contributed by atoms with Crippen LogP contribution in [0.1, 0.15) is 32.9 Å². The highest BCUT2D eigenvalue weighted by Crippen LogP contribution is 2.27. The van der Waals surface area contributed by atoms with Gasteiger partial charge in [-0.15, -0.1) is 0 Å². The van der Waals surface area contributed by atoms with Crippen LogP contribution in [0.2, 0.25) is 5.02 Å². The first-order valence-corrected chi connectivity index (χ1v) is 9.07. The number of carboxylic acids is 1. The lowest BCUT2D eigenvalue weighted by Gasteiger charge is -2.20. The van der Waals surface area contributed by atoms with Gasteiger partial charge < -0.3 is 9.67 Å². The Morgan fingerprint density at radius 1 is 1.15 bits per heavy atom. The van der Waals surface area contributed by atoms with E-state index in [1.54, 1.807) is 6.07 Å². The van der Waals surface area contributed by atoms with E-state index in [-0.39, 0.29) is 18.5 Å². The minimum atomic E-state index is -0.949. The molecule has 0 aliphatic heterocycles. The van der Waals surface area contributed by atoms with E-state index in [4.69, 9.17) is 16.7 Å². The van der Waals surface area contributed by atoms with Gasteiger partial charge in [0.1, 0.15) is 5.69 Å². The summed E-state index contributed by atoms with van der Waals surface area (Å²) in [5.41, 5.74) is 2.82. The number of hydrogen-bond acceptors (Lipinski definition) is 3. The number of rotatable bonds is 4. The smallest absolute Gasteiger partial charge is 0.305 e. The number of carboxylic acid groups (broad SMARTS) is 1. The summed E-state index contributed by atoms with van der Waals surface area (Å²) in [6, 6.07) is 13.1. The van der Waals surface area contributed by atoms with Crippen molar-refractivity contribution in [3.8, 4) is 11.1 Å². The third-order valence-electron chi connectivity index (χ3n) is 4.36. The molecule has 1 heterocycles. The molecule has 0 spiro atoms. The number of nitrogens with zero attached hydrogens (tertiary/aromatic N) is 2. The Morgan fingerprint density at radius 3 is 2.48 bits per heavy atom. The maximum Gasteiger partial charge on any atom is 0.305 e. The second-order valence-corrected chi connectivity index (χ2v) is 7.96. The monoisotopic (exact) mass is 384 g/mol. The molecule has 0 bridgehead atoms. The molecule has 0 saturated heterocycles. The van der Waals surface area contributed by atoms with Crippen LogP contribution in [0.15, 0.2) is 47.3 Å². The molecule has 0 atom stereocenters. The Labute approximate surface area is 162 Å². The average molecular weight is 385 g/mol. The fourth-order valence-electron chi connectivity index (χ4n) is 3.01. The largest absolute Gasteiger partial charge is 0.481 e. The zero-order valence-electron chi connectivity index (χ0n) is 15.5. The normalized spacial score (nSPS) is 11.7. The van der Waals surface area contributed by atoms with Gasteiger partial charge >= 0.3 is 5.97 Å². The lowest BCUT2D eigenvalue weighted by atomic mass is 9.92. The topological polar surface area (TPSA) is 72.2 Å². The van der Waals surface area contributed by atoms with Gasteiger partial charge in [0, 0.05) is 17.0 Å². The highest BCUT2D eigenvalue weighted by molar-refractivity contribution is 6.30. The molecule has 2 aromatic carbocycles. The predicted octanol–water partition coefficient (Wildman–Crippen LogP) is 4.49. The molecule has 0 aliphatic carbocycles. The van der Waals surface area contributed by atoms with Gasteiger partial charge in [0.2, 0.25) is 0 Å². The maximum absolute atomic E-state index is 13.0. The number of fused-ring (bicyclic) bond motifs is 1. The Hall–Kier alpha value is -2.66. The van der Waals surface area contributed by atoms with Crippen molar-refractivity contribution in [3.63, 3.8) is 0 Å². The van der Waals surface area contributed by atoms with Crippen LogP contribution in [0, 0.1) is 0 Å². The van der Waals surface area contributed by atoms with Gasteiger partial charge in [0.15, 0.2) is 0 Å². The molecule has 3 rings (SSSR count). The zero-order chi connectivity index (χ0) is 19.8. The van der Waals surface area contributed by atoms with Crippen LogP contribution in [0.25, 0.3) is 22.2 Å². The van der Waals surface area contributed by atoms with Crippen molar-refractivity contribution in [2.75, 3.05) is 0 Å². The standard InChI is InChI=1S/C21H21ClN2O3/c1-21(2,3)19-20(27)24(10-9-18(25)26)17-12-14(7-8-16(17)23-19)13-5-4-6-15(22)11-13/h4-8,11-12H,9-10H2,1-3H3,(H,25,26). The Kier molecular flexibility index (Phi) is 5.07. The quantitative estimate of drug-likeness (QED) is 0.719. The lowest BCUT2D eigenvalue weighted by Crippen LogP contribution is -2.33. The van der Waals surface area contributed by atoms with Gasteiger partial charge in [0.25, 0.3) is 5.56 Å². The second-order valence-electron chi connectivity index (χ2n) is 7.52. The molecule has 1 N–H and O–H groups in total. The summed E-state index contributed by atoms with van der Waals surface area (Å²) < 4.78 is 1.52. The van der Waals surface area contributed by atoms with E-state index >= 15 is 0 Å². The van der Waals surface area contributed by atoms with E-state index in [9.17, 15) is 9.59 Å². The molecule has 5 nitrogen and oxygen atoms in total. The number of benzene rings is 2. The molecule has 140 valence electrons. The average Bonchev–Trinajstić information content (AvgIpc) is 2.59. The SMILES string of the molecule is CC(C)(C)c1nc2ccc(-c3cccc(Cl)c3)cc2n(CCC(=O)O)c1=O. The fraction of sp³-hybridized carbons (Fsp3) is 0.286. The molecule has 0 unspecified atom stereocenters. The molecule has 1 aromatic heterocycles. The third-order valence-corrected chi connectivity index (χ3v) is 4.60. The molecule has 3 aromatic rings. The van der Waals surface area contributed by atoms with Crippen LogP contribution >= 0.6 is 11.6 Å². The Bertz CT molecular complexity index is 1080. The number of hydrogen-bond donors (Lipinski definition) is 1. The summed E-state index contributed by atoms with van der Waals surface area (Å²) >= 11 is 6.09. The van der Waals surface area contributed by atoms with E-state index in [0.29, 0.717) is 21.7 Å². The van der Waals surface area contributed by atoms with Crippen LogP contribution in [0.3, 0.4) is 0 Å². The van der Waals surface area contributed by atoms with E-state index in [1.807, 2.05) is 57.2 Å². The minimum Gasteiger partial charge on any atom is -0.481 e. The number of aryl methyl sites for hydroxylation is 1. The van der Waals surface area contributed by atoms with Crippen molar-refractivity contribution >= 4 is 28.6 Å². The zero-order valence-corrected chi connectivity index (χ0v) is 16.2. The molecule has 0 fully saturated rings. The molecular formula is C21H21ClN2O3. The van der Waals surface area contributed by atoms with Gasteiger partial charge in [-0.25, -0.2) is 4.98 Å². The first kappa shape index (κ1) is 19.1. The molecule has 6 heteroatoms. The summed E-state index contributed by atoms with van der Waals surface area (Å²) in [5.74, 6) is -0.949. The first-order chi connectivity index (χ1) is 12.7. The van der Waals surface area contributed by atoms with Crippen molar-refractivity contribution in [3.05, 3.63) is 63.5 Å². The van der Waals surface area contributed by atoms with Gasteiger partial charge in [-0.1, -0.05) is 50.6 Å². The van der Waals surface area contributed by atoms with Crippen LogP contribution in [0.5, 0.6) is 0 Å². The number of aliphatic carboxylic acids is 1. The van der Waals surface area contributed by atoms with E-state index in [2.05, 4.69) is 4.98 Å². The molecular weight excluding hydrogens is 364 g/mol. The van der Waals surface area contributed by atoms with E-state index in [0.717, 1.165) is 11.1 Å². The molecule has 27 heavy (non-hydrogen) atoms. The summed E-state index contributed by atoms with van der Waals surface area (Å²) in [6.45, 7) is 5.86. The molecule has 0 radical (unpaired) electrons. The number of halogens is 1. The van der Waals surface area contributed by atoms with Gasteiger partial charge in [0.05, 0.1) is 17.5 Å². The van der Waals surface area contributed by atoms with Gasteiger partial charge in [-0.05, 0) is 35.4 Å². The summed E-state index contributed by atoms with van der Waals surface area (Å²) in [6.07, 6.45) is -0.135.